The molecule has 0 N–H and O–H groups in total. The molecule has 0 aliphatic carbocycles. The van der Waals surface area contributed by atoms with Crippen molar-refractivity contribution in [2.24, 2.45) is 0 Å². The second-order valence-corrected chi connectivity index (χ2v) is 8.48. The predicted octanol–water partition coefficient (Wildman–Crippen LogP) is 8.74. The SMILES string of the molecule is C=C/C(C#N)=C\Cc1cccc(-c2cc3oc4ccc5ccccc5c4c3c3ccccc23)c1. The van der Waals surface area contributed by atoms with E-state index in [2.05, 4.69) is 104 Å². The molecule has 2 heteroatoms. The van der Waals surface area contributed by atoms with Crippen molar-refractivity contribution < 1.29 is 4.42 Å². The Hall–Kier alpha value is -4.61. The average molecular weight is 436 g/mol. The van der Waals surface area contributed by atoms with Crippen molar-refractivity contribution in [3.8, 4) is 17.2 Å². The largest absolute Gasteiger partial charge is 0.456 e. The maximum absolute atomic E-state index is 9.18. The van der Waals surface area contributed by atoms with E-state index in [9.17, 15) is 5.26 Å². The van der Waals surface area contributed by atoms with Gasteiger partial charge in [0.1, 0.15) is 11.2 Å². The highest BCUT2D eigenvalue weighted by Crippen LogP contribution is 2.42. The molecule has 34 heavy (non-hydrogen) atoms. The van der Waals surface area contributed by atoms with Crippen molar-refractivity contribution in [3.05, 3.63) is 121 Å². The molecule has 2 nitrogen and oxygen atoms in total. The van der Waals surface area contributed by atoms with E-state index in [1.54, 1.807) is 6.08 Å². The average Bonchev–Trinajstić information content (AvgIpc) is 3.28. The second-order valence-electron chi connectivity index (χ2n) is 8.48. The van der Waals surface area contributed by atoms with Gasteiger partial charge in [0.2, 0.25) is 0 Å². The first kappa shape index (κ1) is 20.0. The molecule has 0 radical (unpaired) electrons. The number of benzene rings is 5. The molecule has 0 aliphatic rings. The van der Waals surface area contributed by atoms with Gasteiger partial charge in [-0.3, -0.25) is 0 Å². The summed E-state index contributed by atoms with van der Waals surface area (Å²) in [5, 5.41) is 16.3. The molecule has 6 aromatic rings. The highest BCUT2D eigenvalue weighted by atomic mass is 16.3. The van der Waals surface area contributed by atoms with E-state index < -0.39 is 0 Å². The number of furan rings is 1. The molecule has 0 aliphatic heterocycles. The number of fused-ring (bicyclic) bond motifs is 7. The first-order valence-corrected chi connectivity index (χ1v) is 11.3. The van der Waals surface area contributed by atoms with Crippen molar-refractivity contribution in [1.82, 2.24) is 0 Å². The van der Waals surface area contributed by atoms with Crippen LogP contribution < -0.4 is 0 Å². The van der Waals surface area contributed by atoms with E-state index in [0.29, 0.717) is 12.0 Å². The fourth-order valence-corrected chi connectivity index (χ4v) is 4.91. The third-order valence-corrected chi connectivity index (χ3v) is 6.51. The van der Waals surface area contributed by atoms with Gasteiger partial charge in [-0.2, -0.15) is 5.26 Å². The fraction of sp³-hybridized carbons (Fsp3) is 0.0312. The van der Waals surface area contributed by atoms with Crippen LogP contribution in [-0.4, -0.2) is 0 Å². The smallest absolute Gasteiger partial charge is 0.136 e. The number of nitriles is 1. The van der Waals surface area contributed by atoms with Gasteiger partial charge in [-0.15, -0.1) is 0 Å². The van der Waals surface area contributed by atoms with Gasteiger partial charge >= 0.3 is 0 Å². The zero-order valence-electron chi connectivity index (χ0n) is 18.6. The van der Waals surface area contributed by atoms with Gasteiger partial charge in [-0.1, -0.05) is 97.6 Å². The Morgan fingerprint density at radius 1 is 0.794 bits per heavy atom. The number of allylic oxidation sites excluding steroid dienone is 3. The number of hydrogen-bond donors (Lipinski definition) is 0. The van der Waals surface area contributed by atoms with Gasteiger partial charge in [0, 0.05) is 16.3 Å². The molecule has 6 rings (SSSR count). The topological polar surface area (TPSA) is 36.9 Å². The van der Waals surface area contributed by atoms with Crippen molar-refractivity contribution in [1.29, 1.82) is 5.26 Å². The molecule has 0 unspecified atom stereocenters. The summed E-state index contributed by atoms with van der Waals surface area (Å²) in [6.07, 6.45) is 4.19. The standard InChI is InChI=1S/C32H21NO/c1-2-21(20-33)14-15-22-8-7-10-24(18-22)28-19-30-32(27-13-6-5-12-26(27)28)31-25-11-4-3-9-23(25)16-17-29(31)34-30/h2-14,16-19H,1,15H2/b21-14+. The normalized spacial score (nSPS) is 11.9. The highest BCUT2D eigenvalue weighted by Gasteiger charge is 2.16. The number of hydrogen-bond acceptors (Lipinski definition) is 2. The van der Waals surface area contributed by atoms with Crippen LogP contribution in [0.25, 0.3) is 54.6 Å². The van der Waals surface area contributed by atoms with Crippen LogP contribution in [0.5, 0.6) is 0 Å². The van der Waals surface area contributed by atoms with Crippen LogP contribution in [0.4, 0.5) is 0 Å². The van der Waals surface area contributed by atoms with Crippen molar-refractivity contribution in [3.63, 3.8) is 0 Å². The van der Waals surface area contributed by atoms with E-state index >= 15 is 0 Å². The Kier molecular flexibility index (Phi) is 4.75. The summed E-state index contributed by atoms with van der Waals surface area (Å²) in [5.74, 6) is 0. The van der Waals surface area contributed by atoms with E-state index in [0.717, 1.165) is 33.2 Å². The second kappa shape index (κ2) is 8.06. The molecule has 0 amide bonds. The third-order valence-electron chi connectivity index (χ3n) is 6.51. The summed E-state index contributed by atoms with van der Waals surface area (Å²) >= 11 is 0. The van der Waals surface area contributed by atoms with E-state index in [-0.39, 0.29) is 0 Å². The molecule has 0 spiro atoms. The number of nitrogens with zero attached hydrogens (tertiary/aromatic N) is 1. The Labute approximate surface area is 197 Å². The summed E-state index contributed by atoms with van der Waals surface area (Å²) in [6.45, 7) is 3.71. The van der Waals surface area contributed by atoms with Crippen LogP contribution in [0.2, 0.25) is 0 Å². The van der Waals surface area contributed by atoms with E-state index in [1.807, 2.05) is 6.08 Å². The van der Waals surface area contributed by atoms with Crippen LogP contribution in [0.1, 0.15) is 5.56 Å². The van der Waals surface area contributed by atoms with Crippen molar-refractivity contribution in [2.45, 2.75) is 6.42 Å². The van der Waals surface area contributed by atoms with Gasteiger partial charge in [0.25, 0.3) is 0 Å². The first-order chi connectivity index (χ1) is 16.8. The lowest BCUT2D eigenvalue weighted by atomic mass is 9.93. The van der Waals surface area contributed by atoms with Gasteiger partial charge in [0.15, 0.2) is 0 Å². The maximum atomic E-state index is 9.18. The Balaban J connectivity index is 1.61. The predicted molar refractivity (Wildman–Crippen MR) is 142 cm³/mol. The van der Waals surface area contributed by atoms with Crippen LogP contribution in [0, 0.1) is 11.3 Å². The Morgan fingerprint density at radius 3 is 2.38 bits per heavy atom. The summed E-state index contributed by atoms with van der Waals surface area (Å²) in [6, 6.07) is 34.1. The maximum Gasteiger partial charge on any atom is 0.136 e. The van der Waals surface area contributed by atoms with Crippen molar-refractivity contribution >= 4 is 43.5 Å². The quantitative estimate of drug-likeness (QED) is 0.205. The summed E-state index contributed by atoms with van der Waals surface area (Å²) in [5.41, 5.74) is 5.80. The lowest BCUT2D eigenvalue weighted by molar-refractivity contribution is 0.669. The monoisotopic (exact) mass is 435 g/mol. The molecular formula is C32H21NO. The van der Waals surface area contributed by atoms with Gasteiger partial charge < -0.3 is 4.42 Å². The lowest BCUT2D eigenvalue weighted by Crippen LogP contribution is -1.87. The summed E-state index contributed by atoms with van der Waals surface area (Å²) < 4.78 is 6.41. The van der Waals surface area contributed by atoms with Gasteiger partial charge in [-0.25, -0.2) is 0 Å². The number of rotatable bonds is 4. The Bertz CT molecular complexity index is 1810. The van der Waals surface area contributed by atoms with Crippen LogP contribution in [0.3, 0.4) is 0 Å². The zero-order chi connectivity index (χ0) is 23.1. The first-order valence-electron chi connectivity index (χ1n) is 11.3. The minimum absolute atomic E-state index is 0.590. The fourth-order valence-electron chi connectivity index (χ4n) is 4.91. The molecule has 0 atom stereocenters. The Morgan fingerprint density at radius 2 is 1.56 bits per heavy atom. The molecule has 1 aromatic heterocycles. The highest BCUT2D eigenvalue weighted by molar-refractivity contribution is 6.28. The molecule has 0 fully saturated rings. The molecule has 0 saturated carbocycles. The molecule has 1 heterocycles. The molecule has 0 bridgehead atoms. The lowest BCUT2D eigenvalue weighted by Gasteiger charge is -2.10. The summed E-state index contributed by atoms with van der Waals surface area (Å²) in [4.78, 5) is 0. The zero-order valence-corrected chi connectivity index (χ0v) is 18.6. The third kappa shape index (κ3) is 3.18. The molecular weight excluding hydrogens is 414 g/mol. The van der Waals surface area contributed by atoms with Crippen LogP contribution >= 0.6 is 0 Å². The molecule has 5 aromatic carbocycles. The van der Waals surface area contributed by atoms with E-state index in [4.69, 9.17) is 4.42 Å². The van der Waals surface area contributed by atoms with Crippen molar-refractivity contribution in [2.75, 3.05) is 0 Å². The molecule has 160 valence electrons. The minimum atomic E-state index is 0.590. The van der Waals surface area contributed by atoms with E-state index in [1.165, 1.54) is 26.9 Å². The van der Waals surface area contributed by atoms with Crippen LogP contribution in [0.15, 0.2) is 120 Å². The van der Waals surface area contributed by atoms with Gasteiger partial charge in [-0.05, 0) is 56.8 Å². The molecule has 0 saturated heterocycles. The van der Waals surface area contributed by atoms with Crippen LogP contribution in [-0.2, 0) is 6.42 Å². The minimum Gasteiger partial charge on any atom is -0.456 e. The summed E-state index contributed by atoms with van der Waals surface area (Å²) in [7, 11) is 0. The van der Waals surface area contributed by atoms with Gasteiger partial charge in [0.05, 0.1) is 6.07 Å².